The molecule has 6 heteroatoms. The molecule has 0 aliphatic rings. The Bertz CT molecular complexity index is 177. The Hall–Kier alpha value is -1.14. The maximum atomic E-state index is 9.37. The summed E-state index contributed by atoms with van der Waals surface area (Å²) in [6.07, 6.45) is 3.82. The smallest absolute Gasteiger partial charge is 0.303 e. The highest BCUT2D eigenvalue weighted by atomic mass is 16.5. The van der Waals surface area contributed by atoms with Crippen LogP contribution in [-0.4, -0.2) is 41.9 Å². The van der Waals surface area contributed by atoms with Crippen molar-refractivity contribution in [3.63, 3.8) is 0 Å². The fraction of sp³-hybridized carbons (Fsp3) is 0.846. The molecule has 0 atom stereocenters. The summed E-state index contributed by atoms with van der Waals surface area (Å²) in [5.74, 6) is -1.49. The van der Waals surface area contributed by atoms with Crippen molar-refractivity contribution in [3.05, 3.63) is 0 Å². The molecule has 0 spiro atoms. The number of aliphatic carboxylic acids is 2. The number of carboxylic acids is 2. The van der Waals surface area contributed by atoms with Gasteiger partial charge in [0.15, 0.2) is 0 Å². The lowest BCUT2D eigenvalue weighted by Gasteiger charge is -1.99. The minimum Gasteiger partial charge on any atom is -0.481 e. The molecule has 0 aliphatic heterocycles. The minimum absolute atomic E-state index is 0.222. The highest BCUT2D eigenvalue weighted by molar-refractivity contribution is 5.66. The summed E-state index contributed by atoms with van der Waals surface area (Å²) < 4.78 is 5.23. The third kappa shape index (κ3) is 47.4. The zero-order valence-electron chi connectivity index (χ0n) is 12.4. The largest absolute Gasteiger partial charge is 0.481 e. The molecule has 0 fully saturated rings. The van der Waals surface area contributed by atoms with Gasteiger partial charge in [-0.15, -0.1) is 0 Å². The standard InChI is InChI=1S/C7H17NO.2C3H6O2/c1-2-3-6-9-7-4-5-8;2*1-2-3(4)5/h2-8H2,1H3;2*2H2,1H3,(H,4,5). The highest BCUT2D eigenvalue weighted by Crippen LogP contribution is 1.88. The Morgan fingerprint density at radius 3 is 1.58 bits per heavy atom. The van der Waals surface area contributed by atoms with E-state index in [2.05, 4.69) is 6.92 Å². The van der Waals surface area contributed by atoms with Crippen LogP contribution in [0.4, 0.5) is 0 Å². The van der Waals surface area contributed by atoms with Crippen molar-refractivity contribution in [2.24, 2.45) is 5.73 Å². The maximum Gasteiger partial charge on any atom is 0.303 e. The lowest BCUT2D eigenvalue weighted by atomic mass is 10.4. The quantitative estimate of drug-likeness (QED) is 0.587. The number of unbranched alkanes of at least 4 members (excludes halogenated alkanes) is 1. The van der Waals surface area contributed by atoms with Gasteiger partial charge in [0, 0.05) is 26.1 Å². The van der Waals surface area contributed by atoms with Crippen molar-refractivity contribution in [2.45, 2.75) is 52.9 Å². The van der Waals surface area contributed by atoms with E-state index in [1.807, 2.05) is 0 Å². The van der Waals surface area contributed by atoms with Crippen LogP contribution in [-0.2, 0) is 14.3 Å². The molecule has 19 heavy (non-hydrogen) atoms. The van der Waals surface area contributed by atoms with Crippen molar-refractivity contribution in [2.75, 3.05) is 19.8 Å². The predicted octanol–water partition coefficient (Wildman–Crippen LogP) is 2.11. The van der Waals surface area contributed by atoms with E-state index in [9.17, 15) is 9.59 Å². The monoisotopic (exact) mass is 279 g/mol. The lowest BCUT2D eigenvalue weighted by molar-refractivity contribution is -0.137. The average Bonchev–Trinajstić information content (AvgIpc) is 2.40. The van der Waals surface area contributed by atoms with E-state index in [4.69, 9.17) is 20.7 Å². The second kappa shape index (κ2) is 22.1. The zero-order chi connectivity index (χ0) is 15.5. The van der Waals surface area contributed by atoms with E-state index in [0.717, 1.165) is 26.2 Å². The maximum absolute atomic E-state index is 9.37. The zero-order valence-corrected chi connectivity index (χ0v) is 12.4. The Balaban J connectivity index is -0.000000219. The number of hydrogen-bond acceptors (Lipinski definition) is 4. The molecule has 0 rings (SSSR count). The van der Waals surface area contributed by atoms with Crippen LogP contribution in [0.3, 0.4) is 0 Å². The Kier molecular flexibility index (Phi) is 26.7. The normalized spacial score (nSPS) is 8.63. The van der Waals surface area contributed by atoms with Crippen LogP contribution in [0.15, 0.2) is 0 Å². The summed E-state index contributed by atoms with van der Waals surface area (Å²) in [6.45, 7) is 7.83. The number of carbonyl (C=O) groups is 2. The SMILES string of the molecule is CCC(=O)O.CCC(=O)O.CCCCOCCCN. The Morgan fingerprint density at radius 1 is 0.947 bits per heavy atom. The van der Waals surface area contributed by atoms with Crippen molar-refractivity contribution < 1.29 is 24.5 Å². The molecule has 6 nitrogen and oxygen atoms in total. The van der Waals surface area contributed by atoms with Gasteiger partial charge in [-0.1, -0.05) is 27.2 Å². The fourth-order valence-corrected chi connectivity index (χ4v) is 0.534. The minimum atomic E-state index is -0.745. The molecule has 0 unspecified atom stereocenters. The second-order valence-electron chi connectivity index (χ2n) is 3.60. The molecule has 0 aliphatic carbocycles. The molecule has 0 radical (unpaired) electrons. The van der Waals surface area contributed by atoms with E-state index >= 15 is 0 Å². The van der Waals surface area contributed by atoms with Crippen molar-refractivity contribution in [1.29, 1.82) is 0 Å². The van der Waals surface area contributed by atoms with Gasteiger partial charge in [0.2, 0.25) is 0 Å². The molecule has 0 amide bonds. The van der Waals surface area contributed by atoms with Crippen LogP contribution in [0.25, 0.3) is 0 Å². The van der Waals surface area contributed by atoms with Crippen LogP contribution >= 0.6 is 0 Å². The number of ether oxygens (including phenoxy) is 1. The van der Waals surface area contributed by atoms with Gasteiger partial charge in [0.25, 0.3) is 0 Å². The predicted molar refractivity (Wildman–Crippen MR) is 75.3 cm³/mol. The summed E-state index contributed by atoms with van der Waals surface area (Å²) in [4.78, 5) is 18.7. The molecule has 0 saturated heterocycles. The van der Waals surface area contributed by atoms with E-state index in [0.29, 0.717) is 0 Å². The summed E-state index contributed by atoms with van der Waals surface area (Å²) in [7, 11) is 0. The average molecular weight is 279 g/mol. The van der Waals surface area contributed by atoms with Crippen LogP contribution in [0.5, 0.6) is 0 Å². The van der Waals surface area contributed by atoms with Crippen molar-refractivity contribution in [3.8, 4) is 0 Å². The third-order valence-corrected chi connectivity index (χ3v) is 1.74. The van der Waals surface area contributed by atoms with Crippen molar-refractivity contribution >= 4 is 11.9 Å². The first kappa shape index (κ1) is 23.0. The Labute approximate surface area is 115 Å². The molecule has 0 aromatic heterocycles. The van der Waals surface area contributed by atoms with Crippen LogP contribution in [0.1, 0.15) is 52.9 Å². The van der Waals surface area contributed by atoms with E-state index in [1.165, 1.54) is 12.8 Å². The third-order valence-electron chi connectivity index (χ3n) is 1.74. The molecule has 0 aromatic rings. The van der Waals surface area contributed by atoms with Gasteiger partial charge in [0.05, 0.1) is 0 Å². The number of rotatable bonds is 8. The number of nitrogens with two attached hydrogens (primary N) is 1. The molecular formula is C13H29NO5. The number of hydrogen-bond donors (Lipinski definition) is 3. The van der Waals surface area contributed by atoms with Crippen LogP contribution < -0.4 is 5.73 Å². The summed E-state index contributed by atoms with van der Waals surface area (Å²) in [5, 5.41) is 15.4. The molecule has 4 N–H and O–H groups in total. The first-order chi connectivity index (χ1) is 8.95. The lowest BCUT2D eigenvalue weighted by Crippen LogP contribution is -2.04. The topological polar surface area (TPSA) is 110 Å². The Morgan fingerprint density at radius 2 is 1.32 bits per heavy atom. The molecule has 0 heterocycles. The summed E-state index contributed by atoms with van der Waals surface area (Å²) >= 11 is 0. The van der Waals surface area contributed by atoms with Crippen LogP contribution in [0, 0.1) is 0 Å². The van der Waals surface area contributed by atoms with Gasteiger partial charge in [-0.2, -0.15) is 0 Å². The first-order valence-electron chi connectivity index (χ1n) is 6.67. The fourth-order valence-electron chi connectivity index (χ4n) is 0.534. The molecule has 0 aromatic carbocycles. The van der Waals surface area contributed by atoms with E-state index < -0.39 is 11.9 Å². The van der Waals surface area contributed by atoms with Gasteiger partial charge in [-0.3, -0.25) is 9.59 Å². The second-order valence-corrected chi connectivity index (χ2v) is 3.60. The van der Waals surface area contributed by atoms with Crippen molar-refractivity contribution in [1.82, 2.24) is 0 Å². The van der Waals surface area contributed by atoms with E-state index in [1.54, 1.807) is 13.8 Å². The molecular weight excluding hydrogens is 250 g/mol. The molecule has 0 bridgehead atoms. The van der Waals surface area contributed by atoms with Gasteiger partial charge < -0.3 is 20.7 Å². The first-order valence-corrected chi connectivity index (χ1v) is 6.67. The number of carboxylic acid groups (broad SMARTS) is 2. The summed E-state index contributed by atoms with van der Waals surface area (Å²) in [5.41, 5.74) is 5.26. The summed E-state index contributed by atoms with van der Waals surface area (Å²) in [6, 6.07) is 0. The molecule has 116 valence electrons. The van der Waals surface area contributed by atoms with Gasteiger partial charge >= 0.3 is 11.9 Å². The highest BCUT2D eigenvalue weighted by Gasteiger charge is 1.84. The van der Waals surface area contributed by atoms with Gasteiger partial charge in [-0.25, -0.2) is 0 Å². The van der Waals surface area contributed by atoms with Gasteiger partial charge in [0.1, 0.15) is 0 Å². The van der Waals surface area contributed by atoms with E-state index in [-0.39, 0.29) is 12.8 Å². The van der Waals surface area contributed by atoms with Gasteiger partial charge in [-0.05, 0) is 19.4 Å². The van der Waals surface area contributed by atoms with Crippen LogP contribution in [0.2, 0.25) is 0 Å². The molecule has 0 saturated carbocycles.